The monoisotopic (exact) mass is 392 g/mol. The van der Waals surface area contributed by atoms with E-state index < -0.39 is 0 Å². The highest BCUT2D eigenvalue weighted by Gasteiger charge is 2.34. The maximum Gasteiger partial charge on any atom is 0.252 e. The lowest BCUT2D eigenvalue weighted by Gasteiger charge is -2.21. The van der Waals surface area contributed by atoms with Crippen LogP contribution < -0.4 is 10.1 Å². The average molecular weight is 392 g/mol. The summed E-state index contributed by atoms with van der Waals surface area (Å²) >= 11 is 0. The number of pyridine rings is 1. The Balaban J connectivity index is 1.74. The first-order chi connectivity index (χ1) is 13.9. The minimum Gasteiger partial charge on any atom is -0.475 e. The molecule has 150 valence electrons. The van der Waals surface area contributed by atoms with E-state index >= 15 is 0 Å². The van der Waals surface area contributed by atoms with Crippen molar-refractivity contribution in [2.45, 2.75) is 45.8 Å². The summed E-state index contributed by atoms with van der Waals surface area (Å²) in [6, 6.07) is 13.9. The van der Waals surface area contributed by atoms with Crippen LogP contribution in [0.25, 0.3) is 10.9 Å². The molecule has 1 N–H and O–H groups in total. The van der Waals surface area contributed by atoms with Crippen molar-refractivity contribution in [3.8, 4) is 5.88 Å². The van der Waals surface area contributed by atoms with Crippen LogP contribution in [-0.4, -0.2) is 17.0 Å². The van der Waals surface area contributed by atoms with Crippen molar-refractivity contribution >= 4 is 16.8 Å². The number of amides is 1. The molecule has 1 amide bonds. The summed E-state index contributed by atoms with van der Waals surface area (Å²) < 4.78 is 19.6. The summed E-state index contributed by atoms with van der Waals surface area (Å²) in [4.78, 5) is 18.0. The first-order valence-corrected chi connectivity index (χ1v) is 10.1. The summed E-state index contributed by atoms with van der Waals surface area (Å²) in [7, 11) is 0. The molecule has 0 radical (unpaired) electrons. The van der Waals surface area contributed by atoms with E-state index in [4.69, 9.17) is 4.74 Å². The second-order valence-corrected chi connectivity index (χ2v) is 7.94. The molecule has 3 aromatic rings. The second-order valence-electron chi connectivity index (χ2n) is 7.94. The number of para-hydroxylation sites is 1. The van der Waals surface area contributed by atoms with Gasteiger partial charge in [-0.1, -0.05) is 30.3 Å². The highest BCUT2D eigenvalue weighted by molar-refractivity contribution is 6.08. The van der Waals surface area contributed by atoms with Gasteiger partial charge in [0.25, 0.3) is 5.91 Å². The van der Waals surface area contributed by atoms with E-state index in [-0.39, 0.29) is 23.9 Å². The van der Waals surface area contributed by atoms with Crippen LogP contribution in [0.15, 0.2) is 48.5 Å². The normalized spacial score (nSPS) is 14.8. The van der Waals surface area contributed by atoms with Crippen molar-refractivity contribution < 1.29 is 13.9 Å². The molecule has 1 atom stereocenters. The molecule has 1 saturated carbocycles. The van der Waals surface area contributed by atoms with Crippen LogP contribution in [0.5, 0.6) is 5.88 Å². The van der Waals surface area contributed by atoms with Gasteiger partial charge in [-0.2, -0.15) is 0 Å². The van der Waals surface area contributed by atoms with Gasteiger partial charge in [0.2, 0.25) is 5.88 Å². The van der Waals surface area contributed by atoms with Crippen LogP contribution in [0.3, 0.4) is 0 Å². The van der Waals surface area contributed by atoms with Gasteiger partial charge in [-0.15, -0.1) is 0 Å². The van der Waals surface area contributed by atoms with Crippen LogP contribution in [-0.2, 0) is 0 Å². The molecule has 0 unspecified atom stereocenters. The van der Waals surface area contributed by atoms with Gasteiger partial charge in [0.15, 0.2) is 0 Å². The summed E-state index contributed by atoms with van der Waals surface area (Å²) in [5.74, 6) is 0.328. The molecule has 0 bridgehead atoms. The SMILES string of the molecule is Cc1c(OC(C)C)nc2ccccc2c1C(=O)N[C@H](c1cccc(F)c1)C1CC1. The van der Waals surface area contributed by atoms with Crippen LogP contribution in [0.1, 0.15) is 54.2 Å². The third-order valence-electron chi connectivity index (χ3n) is 5.25. The van der Waals surface area contributed by atoms with Crippen LogP contribution in [0.4, 0.5) is 4.39 Å². The van der Waals surface area contributed by atoms with Crippen molar-refractivity contribution in [1.82, 2.24) is 10.3 Å². The highest BCUT2D eigenvalue weighted by atomic mass is 19.1. The number of carbonyl (C=O) groups is 1. The maximum absolute atomic E-state index is 13.8. The number of aromatic nitrogens is 1. The number of ether oxygens (including phenoxy) is 1. The fraction of sp³-hybridized carbons (Fsp3) is 0.333. The molecule has 4 nitrogen and oxygen atoms in total. The van der Waals surface area contributed by atoms with Gasteiger partial charge in [0.1, 0.15) is 5.82 Å². The summed E-state index contributed by atoms with van der Waals surface area (Å²) in [5.41, 5.74) is 2.79. The third-order valence-corrected chi connectivity index (χ3v) is 5.25. The summed E-state index contributed by atoms with van der Waals surface area (Å²) in [5, 5.41) is 3.95. The molecule has 1 aromatic heterocycles. The van der Waals surface area contributed by atoms with Crippen molar-refractivity contribution in [3.63, 3.8) is 0 Å². The standard InChI is InChI=1S/C24H25FN2O2/c1-14(2)29-24-15(3)21(19-9-4-5-10-20(19)26-24)23(28)27-22(16-11-12-16)17-7-6-8-18(25)13-17/h4-10,13-14,16,22H,11-12H2,1-3H3,(H,27,28)/t22-/m0/s1. The van der Waals surface area contributed by atoms with Crippen molar-refractivity contribution in [2.24, 2.45) is 5.92 Å². The molecule has 0 aliphatic heterocycles. The lowest BCUT2D eigenvalue weighted by molar-refractivity contribution is 0.0931. The predicted octanol–water partition coefficient (Wildman–Crippen LogP) is 5.35. The number of hydrogen-bond acceptors (Lipinski definition) is 3. The van der Waals surface area contributed by atoms with Gasteiger partial charge in [-0.3, -0.25) is 4.79 Å². The Bertz CT molecular complexity index is 1060. The van der Waals surface area contributed by atoms with Gasteiger partial charge >= 0.3 is 0 Å². The zero-order chi connectivity index (χ0) is 20.5. The predicted molar refractivity (Wildman–Crippen MR) is 112 cm³/mol. The molecule has 5 heteroatoms. The Kier molecular flexibility index (Phi) is 5.22. The van der Waals surface area contributed by atoms with Crippen LogP contribution in [0.2, 0.25) is 0 Å². The first-order valence-electron chi connectivity index (χ1n) is 10.1. The molecule has 1 aliphatic carbocycles. The molecular formula is C24H25FN2O2. The van der Waals surface area contributed by atoms with E-state index in [0.29, 0.717) is 28.4 Å². The number of nitrogens with one attached hydrogen (secondary N) is 1. The number of nitrogens with zero attached hydrogens (tertiary/aromatic N) is 1. The van der Waals surface area contributed by atoms with Gasteiger partial charge in [0.05, 0.1) is 23.2 Å². The second kappa shape index (κ2) is 7.82. The molecule has 0 saturated heterocycles. The Morgan fingerprint density at radius 1 is 1.17 bits per heavy atom. The van der Waals surface area contributed by atoms with E-state index in [9.17, 15) is 9.18 Å². The Hall–Kier alpha value is -2.95. The van der Waals surface area contributed by atoms with Gasteiger partial charge < -0.3 is 10.1 Å². The van der Waals surface area contributed by atoms with E-state index in [1.54, 1.807) is 6.07 Å². The molecule has 1 heterocycles. The number of benzene rings is 2. The number of halogens is 1. The number of carbonyl (C=O) groups excluding carboxylic acids is 1. The fourth-order valence-corrected chi connectivity index (χ4v) is 3.73. The summed E-state index contributed by atoms with van der Waals surface area (Å²) in [6.07, 6.45) is 2.00. The van der Waals surface area contributed by atoms with Crippen molar-refractivity contribution in [3.05, 3.63) is 71.0 Å². The van der Waals surface area contributed by atoms with Crippen molar-refractivity contribution in [1.29, 1.82) is 0 Å². The number of fused-ring (bicyclic) bond motifs is 1. The van der Waals surface area contributed by atoms with Crippen LogP contribution in [0, 0.1) is 18.7 Å². The Morgan fingerprint density at radius 3 is 2.62 bits per heavy atom. The van der Waals surface area contributed by atoms with Gasteiger partial charge in [-0.25, -0.2) is 9.37 Å². The molecule has 4 rings (SSSR count). The lowest BCUT2D eigenvalue weighted by Crippen LogP contribution is -2.31. The van der Waals surface area contributed by atoms with E-state index in [1.807, 2.05) is 51.1 Å². The molecule has 1 fully saturated rings. The smallest absolute Gasteiger partial charge is 0.252 e. The quantitative estimate of drug-likeness (QED) is 0.615. The maximum atomic E-state index is 13.8. The zero-order valence-electron chi connectivity index (χ0n) is 16.9. The van der Waals surface area contributed by atoms with E-state index in [0.717, 1.165) is 23.8 Å². The van der Waals surface area contributed by atoms with Crippen LogP contribution >= 0.6 is 0 Å². The molecule has 29 heavy (non-hydrogen) atoms. The van der Waals surface area contributed by atoms with Gasteiger partial charge in [0, 0.05) is 10.9 Å². The van der Waals surface area contributed by atoms with E-state index in [1.165, 1.54) is 12.1 Å². The van der Waals surface area contributed by atoms with Gasteiger partial charge in [-0.05, 0) is 63.3 Å². The number of hydrogen-bond donors (Lipinski definition) is 1. The average Bonchev–Trinajstić information content (AvgIpc) is 3.51. The van der Waals surface area contributed by atoms with E-state index in [2.05, 4.69) is 10.3 Å². The molecular weight excluding hydrogens is 367 g/mol. The Labute approximate surface area is 170 Å². The number of rotatable bonds is 6. The highest BCUT2D eigenvalue weighted by Crippen LogP contribution is 2.41. The first kappa shape index (κ1) is 19.4. The topological polar surface area (TPSA) is 51.2 Å². The fourth-order valence-electron chi connectivity index (χ4n) is 3.73. The largest absolute Gasteiger partial charge is 0.475 e. The lowest BCUT2D eigenvalue weighted by atomic mass is 9.99. The minimum atomic E-state index is -0.291. The summed E-state index contributed by atoms with van der Waals surface area (Å²) in [6.45, 7) is 5.73. The molecule has 2 aromatic carbocycles. The molecule has 0 spiro atoms. The minimum absolute atomic E-state index is 0.0511. The Morgan fingerprint density at radius 2 is 1.93 bits per heavy atom. The van der Waals surface area contributed by atoms with Crippen molar-refractivity contribution in [2.75, 3.05) is 0 Å². The third kappa shape index (κ3) is 4.09. The zero-order valence-corrected chi connectivity index (χ0v) is 16.9. The molecule has 1 aliphatic rings.